The number of non-ortho nitro benzene ring substituents is 1. The maximum absolute atomic E-state index is 11.9. The predicted molar refractivity (Wildman–Crippen MR) is 103 cm³/mol. The molecule has 28 heavy (non-hydrogen) atoms. The van der Waals surface area contributed by atoms with E-state index in [-0.39, 0.29) is 23.6 Å². The SMILES string of the molecule is C=CCc1ccc(OCC(=O)NN=Cc2cc([N+](=O)[O-])ccc2O)c(OC)c1. The van der Waals surface area contributed by atoms with Crippen LogP contribution in [0.3, 0.4) is 0 Å². The van der Waals surface area contributed by atoms with E-state index in [1.54, 1.807) is 18.2 Å². The van der Waals surface area contributed by atoms with Gasteiger partial charge in [0.1, 0.15) is 5.75 Å². The number of amides is 1. The number of aromatic hydroxyl groups is 1. The van der Waals surface area contributed by atoms with Crippen molar-refractivity contribution >= 4 is 17.8 Å². The molecule has 0 aliphatic heterocycles. The van der Waals surface area contributed by atoms with Crippen LogP contribution >= 0.6 is 0 Å². The fourth-order valence-electron chi connectivity index (χ4n) is 2.23. The first-order valence-corrected chi connectivity index (χ1v) is 8.14. The van der Waals surface area contributed by atoms with Crippen LogP contribution in [-0.2, 0) is 11.2 Å². The first-order chi connectivity index (χ1) is 13.4. The summed E-state index contributed by atoms with van der Waals surface area (Å²) in [5.41, 5.74) is 3.09. The van der Waals surface area contributed by atoms with Gasteiger partial charge in [0.15, 0.2) is 18.1 Å². The number of ether oxygens (including phenoxy) is 2. The number of allylic oxidation sites excluding steroid dienone is 1. The van der Waals surface area contributed by atoms with Crippen LogP contribution in [0.5, 0.6) is 17.2 Å². The third kappa shape index (κ3) is 5.56. The lowest BCUT2D eigenvalue weighted by Crippen LogP contribution is -2.24. The van der Waals surface area contributed by atoms with E-state index in [9.17, 15) is 20.0 Å². The van der Waals surface area contributed by atoms with E-state index in [2.05, 4.69) is 17.1 Å². The number of methoxy groups -OCH3 is 1. The summed E-state index contributed by atoms with van der Waals surface area (Å²) < 4.78 is 10.7. The number of hydrogen-bond acceptors (Lipinski definition) is 7. The Labute approximate surface area is 161 Å². The van der Waals surface area contributed by atoms with E-state index in [1.807, 2.05) is 6.07 Å². The van der Waals surface area contributed by atoms with Crippen molar-refractivity contribution in [1.29, 1.82) is 0 Å². The molecule has 0 aliphatic carbocycles. The lowest BCUT2D eigenvalue weighted by molar-refractivity contribution is -0.384. The molecule has 0 heterocycles. The lowest BCUT2D eigenvalue weighted by atomic mass is 10.1. The number of phenols is 1. The van der Waals surface area contributed by atoms with Crippen molar-refractivity contribution in [3.8, 4) is 17.2 Å². The summed E-state index contributed by atoms with van der Waals surface area (Å²) in [7, 11) is 1.50. The Kier molecular flexibility index (Phi) is 7.09. The normalized spacial score (nSPS) is 10.5. The lowest BCUT2D eigenvalue weighted by Gasteiger charge is -2.11. The summed E-state index contributed by atoms with van der Waals surface area (Å²) in [6.45, 7) is 3.35. The molecule has 0 aromatic heterocycles. The highest BCUT2D eigenvalue weighted by Crippen LogP contribution is 2.28. The predicted octanol–water partition coefficient (Wildman–Crippen LogP) is 2.57. The molecule has 9 heteroatoms. The highest BCUT2D eigenvalue weighted by atomic mass is 16.6. The topological polar surface area (TPSA) is 123 Å². The Morgan fingerprint density at radius 3 is 2.79 bits per heavy atom. The van der Waals surface area contributed by atoms with Gasteiger partial charge < -0.3 is 14.6 Å². The maximum Gasteiger partial charge on any atom is 0.277 e. The minimum absolute atomic E-state index is 0.0925. The second kappa shape index (κ2) is 9.72. The number of rotatable bonds is 9. The fourth-order valence-corrected chi connectivity index (χ4v) is 2.23. The van der Waals surface area contributed by atoms with E-state index in [0.29, 0.717) is 17.9 Å². The number of carbonyl (C=O) groups excluding carboxylic acids is 1. The van der Waals surface area contributed by atoms with Crippen molar-refractivity contribution in [3.63, 3.8) is 0 Å². The molecule has 2 N–H and O–H groups in total. The van der Waals surface area contributed by atoms with Crippen LogP contribution in [0.15, 0.2) is 54.2 Å². The van der Waals surface area contributed by atoms with Gasteiger partial charge in [-0.2, -0.15) is 5.10 Å². The number of benzene rings is 2. The zero-order valence-electron chi connectivity index (χ0n) is 15.1. The minimum Gasteiger partial charge on any atom is -0.507 e. The molecule has 2 aromatic carbocycles. The number of hydrazone groups is 1. The van der Waals surface area contributed by atoms with Gasteiger partial charge in [0.25, 0.3) is 11.6 Å². The molecule has 0 fully saturated rings. The molecular weight excluding hydrogens is 366 g/mol. The van der Waals surface area contributed by atoms with Gasteiger partial charge in [0.05, 0.1) is 18.2 Å². The summed E-state index contributed by atoms with van der Waals surface area (Å²) in [4.78, 5) is 22.0. The van der Waals surface area contributed by atoms with Crippen molar-refractivity contribution in [2.24, 2.45) is 5.10 Å². The van der Waals surface area contributed by atoms with Crippen molar-refractivity contribution in [2.75, 3.05) is 13.7 Å². The molecule has 146 valence electrons. The molecule has 0 spiro atoms. The number of carbonyl (C=O) groups is 1. The molecule has 1 amide bonds. The van der Waals surface area contributed by atoms with Crippen molar-refractivity contribution in [2.45, 2.75) is 6.42 Å². The zero-order chi connectivity index (χ0) is 20.5. The van der Waals surface area contributed by atoms with E-state index in [4.69, 9.17) is 9.47 Å². The first-order valence-electron chi connectivity index (χ1n) is 8.14. The van der Waals surface area contributed by atoms with E-state index < -0.39 is 10.8 Å². The Hall–Kier alpha value is -3.88. The summed E-state index contributed by atoms with van der Waals surface area (Å²) in [5, 5.41) is 24.1. The zero-order valence-corrected chi connectivity index (χ0v) is 15.1. The van der Waals surface area contributed by atoms with Crippen LogP contribution in [-0.4, -0.2) is 35.9 Å². The molecule has 0 atom stereocenters. The summed E-state index contributed by atoms with van der Waals surface area (Å²) in [6, 6.07) is 8.78. The first kappa shape index (κ1) is 20.4. The fraction of sp³-hybridized carbons (Fsp3) is 0.158. The largest absolute Gasteiger partial charge is 0.507 e. The average molecular weight is 385 g/mol. The van der Waals surface area contributed by atoms with Gasteiger partial charge in [-0.3, -0.25) is 14.9 Å². The average Bonchev–Trinajstić information content (AvgIpc) is 2.68. The second-order valence-corrected chi connectivity index (χ2v) is 5.56. The number of hydrogen-bond donors (Lipinski definition) is 2. The minimum atomic E-state index is -0.600. The summed E-state index contributed by atoms with van der Waals surface area (Å²) >= 11 is 0. The number of nitrogens with one attached hydrogen (secondary N) is 1. The molecule has 0 bridgehead atoms. The number of phenolic OH excluding ortho intramolecular Hbond substituents is 1. The molecule has 0 radical (unpaired) electrons. The number of nitrogens with zero attached hydrogens (tertiary/aromatic N) is 2. The van der Waals surface area contributed by atoms with Crippen LogP contribution < -0.4 is 14.9 Å². The van der Waals surface area contributed by atoms with Crippen LogP contribution in [0.1, 0.15) is 11.1 Å². The molecule has 0 aliphatic rings. The Morgan fingerprint density at radius 2 is 2.11 bits per heavy atom. The van der Waals surface area contributed by atoms with Crippen LogP contribution in [0.2, 0.25) is 0 Å². The molecule has 0 saturated carbocycles. The highest BCUT2D eigenvalue weighted by molar-refractivity contribution is 5.86. The molecule has 9 nitrogen and oxygen atoms in total. The van der Waals surface area contributed by atoms with Crippen molar-refractivity contribution in [3.05, 3.63) is 70.3 Å². The van der Waals surface area contributed by atoms with Crippen molar-refractivity contribution < 1.29 is 24.3 Å². The van der Waals surface area contributed by atoms with Crippen LogP contribution in [0.4, 0.5) is 5.69 Å². The van der Waals surface area contributed by atoms with E-state index in [1.165, 1.54) is 13.2 Å². The van der Waals surface area contributed by atoms with Gasteiger partial charge in [-0.05, 0) is 30.2 Å². The van der Waals surface area contributed by atoms with Gasteiger partial charge in [0, 0.05) is 17.7 Å². The van der Waals surface area contributed by atoms with Crippen LogP contribution in [0.25, 0.3) is 0 Å². The molecule has 0 saturated heterocycles. The van der Waals surface area contributed by atoms with Gasteiger partial charge in [0.2, 0.25) is 0 Å². The number of nitro benzene ring substituents is 1. The van der Waals surface area contributed by atoms with E-state index >= 15 is 0 Å². The third-order valence-electron chi connectivity index (χ3n) is 3.58. The Balaban J connectivity index is 1.94. The highest BCUT2D eigenvalue weighted by Gasteiger charge is 2.10. The Morgan fingerprint density at radius 1 is 1.32 bits per heavy atom. The van der Waals surface area contributed by atoms with Crippen molar-refractivity contribution in [1.82, 2.24) is 5.43 Å². The van der Waals surface area contributed by atoms with Gasteiger partial charge in [-0.15, -0.1) is 6.58 Å². The summed E-state index contributed by atoms with van der Waals surface area (Å²) in [5.74, 6) is 0.116. The molecule has 2 aromatic rings. The van der Waals surface area contributed by atoms with Gasteiger partial charge in [-0.1, -0.05) is 12.1 Å². The monoisotopic (exact) mass is 385 g/mol. The molecule has 2 rings (SSSR count). The number of nitro groups is 1. The summed E-state index contributed by atoms with van der Waals surface area (Å²) in [6.07, 6.45) is 3.54. The van der Waals surface area contributed by atoms with E-state index in [0.717, 1.165) is 23.9 Å². The smallest absolute Gasteiger partial charge is 0.277 e. The quantitative estimate of drug-likeness (QED) is 0.296. The van der Waals surface area contributed by atoms with Gasteiger partial charge >= 0.3 is 0 Å². The molecule has 0 unspecified atom stereocenters. The molecular formula is C19H19N3O6. The third-order valence-corrected chi connectivity index (χ3v) is 3.58. The second-order valence-electron chi connectivity index (χ2n) is 5.56. The van der Waals surface area contributed by atoms with Crippen LogP contribution in [0, 0.1) is 10.1 Å². The Bertz CT molecular complexity index is 911. The maximum atomic E-state index is 11.9. The van der Waals surface area contributed by atoms with Gasteiger partial charge in [-0.25, -0.2) is 5.43 Å². The standard InChI is InChI=1S/C19H19N3O6/c1-3-4-13-5-8-17(18(9-13)27-2)28-12-19(24)21-20-11-14-10-15(22(25)26)6-7-16(14)23/h3,5-11,23H,1,4,12H2,2H3,(H,21,24).